The molecule has 8 nitrogen and oxygen atoms in total. The van der Waals surface area contributed by atoms with Crippen molar-refractivity contribution in [1.29, 1.82) is 0 Å². The van der Waals surface area contributed by atoms with Gasteiger partial charge < -0.3 is 15.4 Å². The third-order valence-electron chi connectivity index (χ3n) is 4.11. The lowest BCUT2D eigenvalue weighted by Crippen LogP contribution is -2.28. The first kappa shape index (κ1) is 20.5. The van der Waals surface area contributed by atoms with Gasteiger partial charge in [-0.3, -0.25) is 19.5 Å². The molecular weight excluding hydrogens is 440 g/mol. The second-order valence-corrected chi connectivity index (χ2v) is 7.15. The van der Waals surface area contributed by atoms with Gasteiger partial charge in [-0.15, -0.1) is 0 Å². The summed E-state index contributed by atoms with van der Waals surface area (Å²) in [5.74, 6) is -1.41. The number of hydrogen-bond acceptors (Lipinski definition) is 5. The number of ether oxygens (including phenoxy) is 1. The van der Waals surface area contributed by atoms with E-state index >= 15 is 0 Å². The SMILES string of the molecule is Cc1cc(NC(=O)COC(=O)CCNC(=O)c2n[nH]c3ccccc23)ccc1Br. The zero-order valence-electron chi connectivity index (χ0n) is 15.6. The Balaban J connectivity index is 1.40. The lowest BCUT2D eigenvalue weighted by atomic mass is 10.2. The molecule has 0 spiro atoms. The fourth-order valence-corrected chi connectivity index (χ4v) is 2.88. The standard InChI is InChI=1S/C20H19BrN4O4/c1-12-10-13(6-7-15(12)21)23-17(26)11-29-18(27)8-9-22-20(28)19-14-4-2-3-5-16(14)24-25-19/h2-7,10H,8-9,11H2,1H3,(H,22,28)(H,23,26)(H,24,25). The van der Waals surface area contributed by atoms with Gasteiger partial charge in [0.2, 0.25) is 0 Å². The minimum atomic E-state index is -0.584. The molecule has 3 N–H and O–H groups in total. The Morgan fingerprint density at radius 2 is 1.97 bits per heavy atom. The van der Waals surface area contributed by atoms with Crippen LogP contribution >= 0.6 is 15.9 Å². The molecule has 0 aliphatic rings. The molecule has 0 unspecified atom stereocenters. The molecule has 0 atom stereocenters. The molecule has 0 saturated carbocycles. The first-order valence-electron chi connectivity index (χ1n) is 8.87. The molecule has 0 aliphatic carbocycles. The minimum Gasteiger partial charge on any atom is -0.456 e. The molecule has 0 radical (unpaired) electrons. The number of fused-ring (bicyclic) bond motifs is 1. The third kappa shape index (κ3) is 5.41. The van der Waals surface area contributed by atoms with Crippen LogP contribution in [0.2, 0.25) is 0 Å². The number of carbonyl (C=O) groups excluding carboxylic acids is 3. The summed E-state index contributed by atoms with van der Waals surface area (Å²) in [6.45, 7) is 1.58. The van der Waals surface area contributed by atoms with Gasteiger partial charge in [0.25, 0.3) is 11.8 Å². The minimum absolute atomic E-state index is 0.0568. The van der Waals surface area contributed by atoms with Crippen LogP contribution in [0.15, 0.2) is 46.9 Å². The fourth-order valence-electron chi connectivity index (χ4n) is 2.64. The van der Waals surface area contributed by atoms with E-state index in [1.165, 1.54) is 0 Å². The number of aromatic amines is 1. The first-order valence-corrected chi connectivity index (χ1v) is 9.66. The molecule has 2 amide bonds. The molecule has 1 heterocycles. The van der Waals surface area contributed by atoms with Crippen LogP contribution in [0.3, 0.4) is 0 Å². The topological polar surface area (TPSA) is 113 Å². The van der Waals surface area contributed by atoms with Gasteiger partial charge in [-0.25, -0.2) is 0 Å². The summed E-state index contributed by atoms with van der Waals surface area (Å²) in [5.41, 5.74) is 2.60. The van der Waals surface area contributed by atoms with E-state index < -0.39 is 24.4 Å². The Labute approximate surface area is 175 Å². The Kier molecular flexibility index (Phi) is 6.61. The van der Waals surface area contributed by atoms with Crippen LogP contribution in [-0.4, -0.2) is 41.1 Å². The van der Waals surface area contributed by atoms with E-state index in [2.05, 4.69) is 36.8 Å². The number of nitrogens with zero attached hydrogens (tertiary/aromatic N) is 1. The molecular formula is C20H19BrN4O4. The van der Waals surface area contributed by atoms with Crippen molar-refractivity contribution >= 4 is 50.3 Å². The van der Waals surface area contributed by atoms with Crippen LogP contribution in [0.1, 0.15) is 22.5 Å². The largest absolute Gasteiger partial charge is 0.456 e. The zero-order valence-corrected chi connectivity index (χ0v) is 17.2. The van der Waals surface area contributed by atoms with Crippen molar-refractivity contribution in [2.75, 3.05) is 18.5 Å². The summed E-state index contributed by atoms with van der Waals surface area (Å²) in [6.07, 6.45) is -0.0568. The average molecular weight is 459 g/mol. The van der Waals surface area contributed by atoms with Crippen molar-refractivity contribution in [2.24, 2.45) is 0 Å². The maximum atomic E-state index is 12.2. The lowest BCUT2D eigenvalue weighted by Gasteiger charge is -2.08. The number of amides is 2. The summed E-state index contributed by atoms with van der Waals surface area (Å²) < 4.78 is 5.88. The number of carbonyl (C=O) groups is 3. The second kappa shape index (κ2) is 9.33. The summed E-state index contributed by atoms with van der Waals surface area (Å²) in [6, 6.07) is 12.6. The maximum Gasteiger partial charge on any atom is 0.308 e. The maximum absolute atomic E-state index is 12.2. The average Bonchev–Trinajstić information content (AvgIpc) is 3.13. The molecule has 3 aromatic rings. The van der Waals surface area contributed by atoms with Gasteiger partial charge in [-0.2, -0.15) is 5.10 Å². The number of aromatic nitrogens is 2. The number of nitrogens with one attached hydrogen (secondary N) is 3. The third-order valence-corrected chi connectivity index (χ3v) is 5.00. The van der Waals surface area contributed by atoms with Gasteiger partial charge in [0, 0.05) is 22.1 Å². The molecule has 0 saturated heterocycles. The highest BCUT2D eigenvalue weighted by molar-refractivity contribution is 9.10. The van der Waals surface area contributed by atoms with Crippen molar-refractivity contribution in [1.82, 2.24) is 15.5 Å². The van der Waals surface area contributed by atoms with Gasteiger partial charge in [0.05, 0.1) is 11.9 Å². The Morgan fingerprint density at radius 1 is 1.17 bits per heavy atom. The Bertz CT molecular complexity index is 1060. The fraction of sp³-hybridized carbons (Fsp3) is 0.200. The van der Waals surface area contributed by atoms with Crippen molar-refractivity contribution < 1.29 is 19.1 Å². The first-order chi connectivity index (χ1) is 13.9. The van der Waals surface area contributed by atoms with E-state index in [1.54, 1.807) is 18.2 Å². The molecule has 1 aromatic heterocycles. The number of halogens is 1. The van der Waals surface area contributed by atoms with Gasteiger partial charge >= 0.3 is 5.97 Å². The predicted molar refractivity (Wildman–Crippen MR) is 112 cm³/mol. The molecule has 150 valence electrons. The molecule has 9 heteroatoms. The summed E-state index contributed by atoms with van der Waals surface area (Å²) in [5, 5.41) is 12.8. The molecule has 0 aliphatic heterocycles. The highest BCUT2D eigenvalue weighted by Crippen LogP contribution is 2.20. The van der Waals surface area contributed by atoms with Crippen LogP contribution in [0, 0.1) is 6.92 Å². The van der Waals surface area contributed by atoms with Crippen molar-refractivity contribution in [2.45, 2.75) is 13.3 Å². The van der Waals surface area contributed by atoms with Crippen LogP contribution < -0.4 is 10.6 Å². The number of rotatable bonds is 7. The molecule has 3 rings (SSSR count). The smallest absolute Gasteiger partial charge is 0.308 e. The number of aryl methyl sites for hydroxylation is 1. The lowest BCUT2D eigenvalue weighted by molar-refractivity contribution is -0.147. The van der Waals surface area contributed by atoms with Crippen molar-refractivity contribution in [3.63, 3.8) is 0 Å². The highest BCUT2D eigenvalue weighted by Gasteiger charge is 2.14. The van der Waals surface area contributed by atoms with Gasteiger partial charge in [0.15, 0.2) is 12.3 Å². The second-order valence-electron chi connectivity index (χ2n) is 6.30. The van der Waals surface area contributed by atoms with Crippen molar-refractivity contribution in [3.05, 3.63) is 58.2 Å². The van der Waals surface area contributed by atoms with Crippen LogP contribution in [0.4, 0.5) is 5.69 Å². The molecule has 29 heavy (non-hydrogen) atoms. The van der Waals surface area contributed by atoms with E-state index in [-0.39, 0.29) is 18.7 Å². The normalized spacial score (nSPS) is 10.6. The van der Waals surface area contributed by atoms with Crippen LogP contribution in [0.25, 0.3) is 10.9 Å². The number of H-pyrrole nitrogens is 1. The van der Waals surface area contributed by atoms with E-state index in [0.29, 0.717) is 11.1 Å². The number of para-hydroxylation sites is 1. The van der Waals surface area contributed by atoms with Crippen molar-refractivity contribution in [3.8, 4) is 0 Å². The molecule has 0 bridgehead atoms. The summed E-state index contributed by atoms with van der Waals surface area (Å²) >= 11 is 3.39. The van der Waals surface area contributed by atoms with Gasteiger partial charge in [-0.1, -0.05) is 34.1 Å². The predicted octanol–water partition coefficient (Wildman–Crippen LogP) is 2.94. The number of esters is 1. The quantitative estimate of drug-likeness (QED) is 0.471. The Morgan fingerprint density at radius 3 is 2.76 bits per heavy atom. The zero-order chi connectivity index (χ0) is 20.8. The number of hydrogen-bond donors (Lipinski definition) is 3. The number of benzene rings is 2. The number of anilines is 1. The van der Waals surface area contributed by atoms with Gasteiger partial charge in [0.1, 0.15) is 0 Å². The van der Waals surface area contributed by atoms with Crippen LogP contribution in [0.5, 0.6) is 0 Å². The monoisotopic (exact) mass is 458 g/mol. The van der Waals surface area contributed by atoms with Crippen LogP contribution in [-0.2, 0) is 14.3 Å². The van der Waals surface area contributed by atoms with E-state index in [4.69, 9.17) is 4.74 Å². The molecule has 0 fully saturated rings. The van der Waals surface area contributed by atoms with E-state index in [0.717, 1.165) is 15.6 Å². The molecule has 2 aromatic carbocycles. The summed E-state index contributed by atoms with van der Waals surface area (Å²) in [7, 11) is 0. The van der Waals surface area contributed by atoms with Gasteiger partial charge in [-0.05, 0) is 36.8 Å². The highest BCUT2D eigenvalue weighted by atomic mass is 79.9. The Hall–Kier alpha value is -3.20. The van der Waals surface area contributed by atoms with E-state index in [9.17, 15) is 14.4 Å². The summed E-state index contributed by atoms with van der Waals surface area (Å²) in [4.78, 5) is 35.9. The van der Waals surface area contributed by atoms with E-state index in [1.807, 2.05) is 31.2 Å².